The van der Waals surface area contributed by atoms with Gasteiger partial charge in [0, 0.05) is 22.4 Å². The van der Waals surface area contributed by atoms with Crippen LogP contribution in [0.25, 0.3) is 0 Å². The number of aliphatic hydroxyl groups excluding tert-OH is 1. The van der Waals surface area contributed by atoms with Crippen LogP contribution in [-0.2, 0) is 6.61 Å². The van der Waals surface area contributed by atoms with E-state index in [2.05, 4.69) is 39.0 Å². The first-order valence-electron chi connectivity index (χ1n) is 6.74. The van der Waals surface area contributed by atoms with Crippen molar-refractivity contribution in [3.8, 4) is 0 Å². The molecule has 0 radical (unpaired) electrons. The van der Waals surface area contributed by atoms with Gasteiger partial charge in [-0.1, -0.05) is 30.0 Å². The van der Waals surface area contributed by atoms with Crippen LogP contribution in [0, 0.1) is 0 Å². The van der Waals surface area contributed by atoms with Crippen molar-refractivity contribution in [3.63, 3.8) is 0 Å². The molecule has 20 heavy (non-hydrogen) atoms. The summed E-state index contributed by atoms with van der Waals surface area (Å²) in [5.41, 5.74) is 0. The maximum Gasteiger partial charge on any atom is 0.191 e. The van der Waals surface area contributed by atoms with Crippen molar-refractivity contribution in [1.82, 2.24) is 14.8 Å². The molecule has 0 unspecified atom stereocenters. The van der Waals surface area contributed by atoms with Crippen molar-refractivity contribution in [2.45, 2.75) is 35.5 Å². The summed E-state index contributed by atoms with van der Waals surface area (Å²) >= 11 is 3.58. The highest BCUT2D eigenvalue weighted by Crippen LogP contribution is 2.38. The Morgan fingerprint density at radius 3 is 2.55 bits per heavy atom. The number of hydrogen-bond acceptors (Lipinski definition) is 5. The van der Waals surface area contributed by atoms with Crippen LogP contribution in [0.3, 0.4) is 0 Å². The topological polar surface area (TPSA) is 50.9 Å². The molecule has 6 heteroatoms. The van der Waals surface area contributed by atoms with Gasteiger partial charge in [0.15, 0.2) is 11.0 Å². The van der Waals surface area contributed by atoms with E-state index in [0.717, 1.165) is 16.7 Å². The molecule has 1 aliphatic rings. The van der Waals surface area contributed by atoms with Crippen molar-refractivity contribution in [1.29, 1.82) is 0 Å². The molecule has 1 heterocycles. The van der Waals surface area contributed by atoms with Crippen molar-refractivity contribution in [2.75, 3.05) is 11.5 Å². The van der Waals surface area contributed by atoms with Gasteiger partial charge in [0.25, 0.3) is 0 Å². The molecule has 3 rings (SSSR count). The third kappa shape index (κ3) is 3.37. The van der Waals surface area contributed by atoms with Gasteiger partial charge < -0.3 is 9.67 Å². The van der Waals surface area contributed by atoms with E-state index in [1.807, 2.05) is 17.8 Å². The van der Waals surface area contributed by atoms with Gasteiger partial charge in [-0.25, -0.2) is 0 Å². The Hall–Kier alpha value is -0.980. The van der Waals surface area contributed by atoms with Crippen molar-refractivity contribution in [3.05, 3.63) is 36.2 Å². The Morgan fingerprint density at radius 1 is 1.10 bits per heavy atom. The lowest BCUT2D eigenvalue weighted by molar-refractivity contribution is 0.263. The lowest BCUT2D eigenvalue weighted by Gasteiger charge is -2.07. The van der Waals surface area contributed by atoms with Crippen LogP contribution in [0.5, 0.6) is 0 Å². The van der Waals surface area contributed by atoms with Crippen LogP contribution in [0.2, 0.25) is 0 Å². The second-order valence-corrected chi connectivity index (χ2v) is 6.90. The van der Waals surface area contributed by atoms with E-state index in [0.29, 0.717) is 11.9 Å². The Balaban J connectivity index is 1.52. The molecule has 2 aromatic rings. The lowest BCUT2D eigenvalue weighted by Crippen LogP contribution is -2.03. The summed E-state index contributed by atoms with van der Waals surface area (Å²) in [4.78, 5) is 1.30. The molecule has 1 saturated carbocycles. The first-order valence-corrected chi connectivity index (χ1v) is 8.71. The predicted molar refractivity (Wildman–Crippen MR) is 82.1 cm³/mol. The Labute approximate surface area is 127 Å². The third-order valence-electron chi connectivity index (χ3n) is 3.12. The number of nitrogens with zero attached hydrogens (tertiary/aromatic N) is 3. The zero-order valence-corrected chi connectivity index (χ0v) is 12.7. The van der Waals surface area contributed by atoms with Gasteiger partial charge in [0.05, 0.1) is 0 Å². The minimum absolute atomic E-state index is 0.0250. The SMILES string of the molecule is OCc1nnc(SCCSc2ccccc2)n1C1CC1. The van der Waals surface area contributed by atoms with Crippen molar-refractivity contribution < 1.29 is 5.11 Å². The van der Waals surface area contributed by atoms with Crippen molar-refractivity contribution in [2.24, 2.45) is 0 Å². The molecular formula is C14H17N3OS2. The average Bonchev–Trinajstić information content (AvgIpc) is 3.25. The van der Waals surface area contributed by atoms with Crippen LogP contribution in [0.1, 0.15) is 24.7 Å². The summed E-state index contributed by atoms with van der Waals surface area (Å²) in [6.45, 7) is -0.0250. The maximum atomic E-state index is 9.29. The normalized spacial score (nSPS) is 14.7. The third-order valence-corrected chi connectivity index (χ3v) is 5.33. The zero-order chi connectivity index (χ0) is 13.8. The van der Waals surface area contributed by atoms with E-state index in [1.54, 1.807) is 11.8 Å². The summed E-state index contributed by atoms with van der Waals surface area (Å²) < 4.78 is 2.11. The summed E-state index contributed by atoms with van der Waals surface area (Å²) in [7, 11) is 0. The van der Waals surface area contributed by atoms with Gasteiger partial charge in [-0.15, -0.1) is 22.0 Å². The first kappa shape index (κ1) is 14.0. The van der Waals surface area contributed by atoms with E-state index in [-0.39, 0.29) is 6.61 Å². The summed E-state index contributed by atoms with van der Waals surface area (Å²) in [5, 5.41) is 18.5. The van der Waals surface area contributed by atoms with Crippen LogP contribution in [-0.4, -0.2) is 31.4 Å². The van der Waals surface area contributed by atoms with Gasteiger partial charge in [-0.3, -0.25) is 0 Å². The van der Waals surface area contributed by atoms with Gasteiger partial charge in [-0.2, -0.15) is 0 Å². The number of benzene rings is 1. The number of aromatic nitrogens is 3. The van der Waals surface area contributed by atoms with E-state index in [1.165, 1.54) is 17.7 Å². The smallest absolute Gasteiger partial charge is 0.191 e. The Kier molecular flexibility index (Phi) is 4.65. The molecule has 0 spiro atoms. The minimum atomic E-state index is -0.0250. The first-order chi connectivity index (χ1) is 9.88. The highest BCUT2D eigenvalue weighted by molar-refractivity contribution is 8.02. The quantitative estimate of drug-likeness (QED) is 0.629. The molecular weight excluding hydrogens is 290 g/mol. The molecule has 1 aliphatic carbocycles. The largest absolute Gasteiger partial charge is 0.388 e. The fraction of sp³-hybridized carbons (Fsp3) is 0.429. The van der Waals surface area contributed by atoms with Crippen molar-refractivity contribution >= 4 is 23.5 Å². The molecule has 1 fully saturated rings. The fourth-order valence-corrected chi connectivity index (χ4v) is 3.95. The van der Waals surface area contributed by atoms with Gasteiger partial charge in [0.1, 0.15) is 6.61 Å². The molecule has 0 aliphatic heterocycles. The zero-order valence-electron chi connectivity index (χ0n) is 11.1. The Morgan fingerprint density at radius 2 is 1.85 bits per heavy atom. The number of thioether (sulfide) groups is 2. The number of rotatable bonds is 7. The van der Waals surface area contributed by atoms with E-state index in [4.69, 9.17) is 0 Å². The van der Waals surface area contributed by atoms with Gasteiger partial charge in [0.2, 0.25) is 0 Å². The van der Waals surface area contributed by atoms with Crippen LogP contribution in [0.4, 0.5) is 0 Å². The number of hydrogen-bond donors (Lipinski definition) is 1. The van der Waals surface area contributed by atoms with E-state index in [9.17, 15) is 5.11 Å². The summed E-state index contributed by atoms with van der Waals surface area (Å²) in [6.07, 6.45) is 2.36. The van der Waals surface area contributed by atoms with E-state index >= 15 is 0 Å². The van der Waals surface area contributed by atoms with E-state index < -0.39 is 0 Å². The summed E-state index contributed by atoms with van der Waals surface area (Å²) in [5.74, 6) is 2.74. The molecule has 1 N–H and O–H groups in total. The van der Waals surface area contributed by atoms with Gasteiger partial charge >= 0.3 is 0 Å². The van der Waals surface area contributed by atoms with Crippen LogP contribution in [0.15, 0.2) is 40.4 Å². The molecule has 0 atom stereocenters. The van der Waals surface area contributed by atoms with Crippen LogP contribution >= 0.6 is 23.5 Å². The number of aliphatic hydroxyl groups is 1. The monoisotopic (exact) mass is 307 g/mol. The second-order valence-electron chi connectivity index (χ2n) is 4.67. The predicted octanol–water partition coefficient (Wildman–Crippen LogP) is 2.99. The lowest BCUT2D eigenvalue weighted by atomic mass is 10.4. The maximum absolute atomic E-state index is 9.29. The molecule has 1 aromatic heterocycles. The highest BCUT2D eigenvalue weighted by Gasteiger charge is 2.29. The highest BCUT2D eigenvalue weighted by atomic mass is 32.2. The standard InChI is InChI=1S/C14H17N3OS2/c18-10-13-15-16-14(17(13)11-6-7-11)20-9-8-19-12-4-2-1-3-5-12/h1-5,11,18H,6-10H2. The van der Waals surface area contributed by atoms with Gasteiger partial charge in [-0.05, 0) is 25.0 Å². The fourth-order valence-electron chi connectivity index (χ4n) is 2.02. The molecule has 0 amide bonds. The molecule has 4 nitrogen and oxygen atoms in total. The minimum Gasteiger partial charge on any atom is -0.388 e. The van der Waals surface area contributed by atoms with Crippen LogP contribution < -0.4 is 0 Å². The molecule has 0 saturated heterocycles. The molecule has 106 valence electrons. The molecule has 1 aromatic carbocycles. The summed E-state index contributed by atoms with van der Waals surface area (Å²) in [6, 6.07) is 10.9. The second kappa shape index (κ2) is 6.65. The molecule has 0 bridgehead atoms. The average molecular weight is 307 g/mol. The Bertz CT molecular complexity index is 555.